The van der Waals surface area contributed by atoms with E-state index in [2.05, 4.69) is 11.9 Å². The van der Waals surface area contributed by atoms with Crippen LogP contribution in [-0.2, 0) is 9.59 Å². The Bertz CT molecular complexity index is 1200. The molecule has 34 heavy (non-hydrogen) atoms. The van der Waals surface area contributed by atoms with Crippen LogP contribution in [0.25, 0.3) is 22.0 Å². The van der Waals surface area contributed by atoms with Gasteiger partial charge in [0, 0.05) is 36.1 Å². The summed E-state index contributed by atoms with van der Waals surface area (Å²) in [5, 5.41) is 10.7. The topological polar surface area (TPSA) is 73.4 Å². The molecule has 4 atom stereocenters. The highest BCUT2D eigenvalue weighted by molar-refractivity contribution is 5.98. The van der Waals surface area contributed by atoms with Gasteiger partial charge in [-0.1, -0.05) is 37.6 Å². The van der Waals surface area contributed by atoms with Crippen LogP contribution in [0.2, 0.25) is 0 Å². The Kier molecular flexibility index (Phi) is 6.15. The van der Waals surface area contributed by atoms with Crippen LogP contribution >= 0.6 is 0 Å². The molecule has 1 aliphatic heterocycles. The van der Waals surface area contributed by atoms with Crippen molar-refractivity contribution in [3.05, 3.63) is 60.0 Å². The fourth-order valence-corrected chi connectivity index (χ4v) is 6.26. The molecule has 1 saturated carbocycles. The minimum absolute atomic E-state index is 0.0120. The molecular formula is C28H31FN2O3. The number of nitrogens with zero attached hydrogens (tertiary/aromatic N) is 1. The van der Waals surface area contributed by atoms with E-state index >= 15 is 0 Å². The molecule has 5 rings (SSSR count). The summed E-state index contributed by atoms with van der Waals surface area (Å²) in [7, 11) is 0. The Morgan fingerprint density at radius 1 is 1.12 bits per heavy atom. The van der Waals surface area contributed by atoms with Gasteiger partial charge in [0.05, 0.1) is 5.92 Å². The van der Waals surface area contributed by atoms with Gasteiger partial charge in [0.15, 0.2) is 0 Å². The number of aliphatic carboxylic acids is 1. The fraction of sp³-hybridized carbons (Fsp3) is 0.429. The number of amides is 1. The number of halogens is 1. The minimum atomic E-state index is -0.718. The molecule has 2 fully saturated rings. The van der Waals surface area contributed by atoms with Crippen molar-refractivity contribution in [2.75, 3.05) is 6.54 Å². The van der Waals surface area contributed by atoms with E-state index in [9.17, 15) is 19.1 Å². The number of rotatable bonds is 5. The number of carboxylic acids is 1. The van der Waals surface area contributed by atoms with E-state index in [-0.39, 0.29) is 35.5 Å². The third-order valence-electron chi connectivity index (χ3n) is 7.90. The van der Waals surface area contributed by atoms with E-state index in [1.165, 1.54) is 12.1 Å². The number of H-pyrrole nitrogens is 1. The monoisotopic (exact) mass is 462 g/mol. The molecule has 6 heteroatoms. The SMILES string of the molecule is C[C@@H](CC(=O)N1CCCC2C(C(=O)O)CCCC21)c1c[nH]c2cccc(-c3ccc(F)cc3)c12. The second-order valence-electron chi connectivity index (χ2n) is 9.92. The maximum Gasteiger partial charge on any atom is 0.306 e. The normalized spacial score (nSPS) is 23.5. The van der Waals surface area contributed by atoms with Gasteiger partial charge in [-0.2, -0.15) is 0 Å². The number of piperidine rings is 1. The maximum atomic E-state index is 13.5. The van der Waals surface area contributed by atoms with Crippen LogP contribution in [0.15, 0.2) is 48.7 Å². The molecule has 1 saturated heterocycles. The number of hydrogen-bond donors (Lipinski definition) is 2. The smallest absolute Gasteiger partial charge is 0.306 e. The van der Waals surface area contributed by atoms with Crippen LogP contribution < -0.4 is 0 Å². The summed E-state index contributed by atoms with van der Waals surface area (Å²) in [5.41, 5.74) is 4.02. The largest absolute Gasteiger partial charge is 0.481 e. The zero-order chi connectivity index (χ0) is 23.8. The highest BCUT2D eigenvalue weighted by Gasteiger charge is 2.43. The van der Waals surface area contributed by atoms with E-state index in [1.54, 1.807) is 12.1 Å². The third-order valence-corrected chi connectivity index (χ3v) is 7.90. The molecule has 0 radical (unpaired) electrons. The molecule has 5 nitrogen and oxygen atoms in total. The summed E-state index contributed by atoms with van der Waals surface area (Å²) < 4.78 is 13.5. The van der Waals surface area contributed by atoms with E-state index in [0.29, 0.717) is 13.0 Å². The van der Waals surface area contributed by atoms with Gasteiger partial charge in [-0.05, 0) is 72.4 Å². The Morgan fingerprint density at radius 3 is 2.68 bits per heavy atom. The number of hydrogen-bond acceptors (Lipinski definition) is 2. The number of fused-ring (bicyclic) bond motifs is 2. The Morgan fingerprint density at radius 2 is 1.91 bits per heavy atom. The van der Waals surface area contributed by atoms with Crippen molar-refractivity contribution in [3.8, 4) is 11.1 Å². The third kappa shape index (κ3) is 4.10. The van der Waals surface area contributed by atoms with Gasteiger partial charge < -0.3 is 15.0 Å². The quantitative estimate of drug-likeness (QED) is 0.491. The average molecular weight is 463 g/mol. The number of likely N-dealkylation sites (tertiary alicyclic amines) is 1. The molecule has 2 N–H and O–H groups in total. The Hall–Kier alpha value is -3.15. The number of benzene rings is 2. The number of carboxylic acid groups (broad SMARTS) is 1. The molecule has 3 aromatic rings. The molecule has 178 valence electrons. The lowest BCUT2D eigenvalue weighted by Gasteiger charge is -2.46. The second kappa shape index (κ2) is 9.24. The van der Waals surface area contributed by atoms with Crippen LogP contribution in [0.5, 0.6) is 0 Å². The van der Waals surface area contributed by atoms with E-state index < -0.39 is 5.97 Å². The highest BCUT2D eigenvalue weighted by atomic mass is 19.1. The van der Waals surface area contributed by atoms with Crippen molar-refractivity contribution in [2.45, 2.75) is 57.4 Å². The van der Waals surface area contributed by atoms with Gasteiger partial charge in [-0.25, -0.2) is 4.39 Å². The summed E-state index contributed by atoms with van der Waals surface area (Å²) in [4.78, 5) is 30.6. The van der Waals surface area contributed by atoms with Gasteiger partial charge in [0.2, 0.25) is 5.91 Å². The van der Waals surface area contributed by atoms with Crippen molar-refractivity contribution in [2.24, 2.45) is 11.8 Å². The summed E-state index contributed by atoms with van der Waals surface area (Å²) in [6.45, 7) is 2.79. The first-order valence-electron chi connectivity index (χ1n) is 12.3. The minimum Gasteiger partial charge on any atom is -0.481 e. The summed E-state index contributed by atoms with van der Waals surface area (Å²) in [5.74, 6) is -1.15. The van der Waals surface area contributed by atoms with Gasteiger partial charge in [-0.15, -0.1) is 0 Å². The Labute approximate surface area is 199 Å². The first kappa shape index (κ1) is 22.6. The van der Waals surface area contributed by atoms with Crippen LogP contribution in [0, 0.1) is 17.7 Å². The molecule has 2 heterocycles. The predicted molar refractivity (Wildman–Crippen MR) is 130 cm³/mol. The van der Waals surface area contributed by atoms with Crippen molar-refractivity contribution in [1.29, 1.82) is 0 Å². The van der Waals surface area contributed by atoms with E-state index in [1.807, 2.05) is 29.3 Å². The molecule has 2 aliphatic rings. The average Bonchev–Trinajstić information content (AvgIpc) is 3.28. The molecule has 1 aliphatic carbocycles. The molecule has 1 amide bonds. The number of nitrogens with one attached hydrogen (secondary N) is 1. The zero-order valence-corrected chi connectivity index (χ0v) is 19.5. The van der Waals surface area contributed by atoms with Gasteiger partial charge in [-0.3, -0.25) is 9.59 Å². The number of aromatic amines is 1. The fourth-order valence-electron chi connectivity index (χ4n) is 6.26. The van der Waals surface area contributed by atoms with Crippen molar-refractivity contribution in [1.82, 2.24) is 9.88 Å². The van der Waals surface area contributed by atoms with Crippen molar-refractivity contribution >= 4 is 22.8 Å². The van der Waals surface area contributed by atoms with E-state index in [4.69, 9.17) is 0 Å². The highest BCUT2D eigenvalue weighted by Crippen LogP contribution is 2.41. The van der Waals surface area contributed by atoms with Crippen LogP contribution in [-0.4, -0.2) is 39.5 Å². The van der Waals surface area contributed by atoms with E-state index in [0.717, 1.165) is 59.7 Å². The summed E-state index contributed by atoms with van der Waals surface area (Å²) in [6, 6.07) is 12.6. The molecule has 0 spiro atoms. The maximum absolute atomic E-state index is 13.5. The van der Waals surface area contributed by atoms with Crippen LogP contribution in [0.1, 0.15) is 56.9 Å². The first-order chi connectivity index (χ1) is 16.4. The van der Waals surface area contributed by atoms with Gasteiger partial charge in [0.1, 0.15) is 5.82 Å². The molecule has 2 aromatic carbocycles. The Balaban J connectivity index is 1.40. The van der Waals surface area contributed by atoms with Crippen LogP contribution in [0.3, 0.4) is 0 Å². The molecule has 1 aromatic heterocycles. The zero-order valence-electron chi connectivity index (χ0n) is 19.5. The molecule has 3 unspecified atom stereocenters. The lowest BCUT2D eigenvalue weighted by atomic mass is 9.71. The first-order valence-corrected chi connectivity index (χ1v) is 12.3. The lowest BCUT2D eigenvalue weighted by molar-refractivity contribution is -0.152. The lowest BCUT2D eigenvalue weighted by Crippen LogP contribution is -2.53. The number of carbonyl (C=O) groups is 2. The van der Waals surface area contributed by atoms with Gasteiger partial charge >= 0.3 is 5.97 Å². The summed E-state index contributed by atoms with van der Waals surface area (Å²) >= 11 is 0. The van der Waals surface area contributed by atoms with Crippen molar-refractivity contribution < 1.29 is 19.1 Å². The number of aromatic nitrogens is 1. The molecular weight excluding hydrogens is 431 g/mol. The standard InChI is InChI=1S/C28H31FN2O3/c1-17(15-26(32)31-14-4-7-21-22(28(33)34)6-3-9-25(21)31)23-16-30-24-8-2-5-20(27(23)24)18-10-12-19(29)13-11-18/h2,5,8,10-13,16-17,21-22,25,30H,3-4,6-7,9,14-15H2,1H3,(H,33,34)/t17-,21?,22?,25?/m0/s1. The second-order valence-corrected chi connectivity index (χ2v) is 9.92. The van der Waals surface area contributed by atoms with Crippen LogP contribution in [0.4, 0.5) is 4.39 Å². The predicted octanol–water partition coefficient (Wildman–Crippen LogP) is 5.96. The summed E-state index contributed by atoms with van der Waals surface area (Å²) in [6.07, 6.45) is 6.60. The van der Waals surface area contributed by atoms with Crippen molar-refractivity contribution in [3.63, 3.8) is 0 Å². The number of carbonyl (C=O) groups excluding carboxylic acids is 1. The molecule has 0 bridgehead atoms. The van der Waals surface area contributed by atoms with Gasteiger partial charge in [0.25, 0.3) is 0 Å².